The maximum atomic E-state index is 12.0. The minimum Gasteiger partial charge on any atom is -0.497 e. The summed E-state index contributed by atoms with van der Waals surface area (Å²) in [6, 6.07) is 11.2. The summed E-state index contributed by atoms with van der Waals surface area (Å²) in [6.45, 7) is -0.939. The number of amides is 2. The van der Waals surface area contributed by atoms with Crippen LogP contribution in [-0.4, -0.2) is 38.0 Å². The Kier molecular flexibility index (Phi) is 7.45. The smallest absolute Gasteiger partial charge is 0.325 e. The number of benzene rings is 2. The summed E-state index contributed by atoms with van der Waals surface area (Å²) < 4.78 is 9.84. The monoisotopic (exact) mass is 410 g/mol. The average Bonchev–Trinajstić information content (AvgIpc) is 2.67. The van der Waals surface area contributed by atoms with Crippen molar-refractivity contribution in [3.63, 3.8) is 0 Å². The van der Waals surface area contributed by atoms with E-state index in [-0.39, 0.29) is 15.7 Å². The lowest BCUT2D eigenvalue weighted by Gasteiger charge is -2.10. The zero-order valence-corrected chi connectivity index (χ0v) is 15.8. The fraction of sp³-hybridized carbons (Fsp3) is 0.167. The number of rotatable bonds is 7. The van der Waals surface area contributed by atoms with Crippen molar-refractivity contribution >= 4 is 46.7 Å². The van der Waals surface area contributed by atoms with E-state index in [4.69, 9.17) is 32.7 Å². The Bertz CT molecular complexity index is 837. The largest absolute Gasteiger partial charge is 0.497 e. The summed E-state index contributed by atoms with van der Waals surface area (Å²) in [5, 5.41) is 5.37. The second kappa shape index (κ2) is 9.80. The lowest BCUT2D eigenvalue weighted by atomic mass is 10.2. The number of para-hydroxylation sites is 1. The Hall–Kier alpha value is -2.77. The lowest BCUT2D eigenvalue weighted by Crippen LogP contribution is -2.32. The van der Waals surface area contributed by atoms with Crippen LogP contribution in [0.25, 0.3) is 0 Å². The van der Waals surface area contributed by atoms with Gasteiger partial charge in [-0.25, -0.2) is 0 Å². The molecule has 2 aromatic rings. The molecule has 7 nitrogen and oxygen atoms in total. The maximum absolute atomic E-state index is 12.0. The van der Waals surface area contributed by atoms with E-state index >= 15 is 0 Å². The van der Waals surface area contributed by atoms with Gasteiger partial charge in [-0.3, -0.25) is 14.4 Å². The number of ether oxygens (including phenoxy) is 2. The SMILES string of the molecule is COc1cccc(C(=O)NCC(=O)OCC(=O)Nc2c(Cl)cccc2Cl)c1. The minimum absolute atomic E-state index is 0.230. The molecule has 0 aliphatic heterocycles. The Morgan fingerprint density at radius 1 is 1.04 bits per heavy atom. The topological polar surface area (TPSA) is 93.7 Å². The van der Waals surface area contributed by atoms with Gasteiger partial charge in [-0.15, -0.1) is 0 Å². The quantitative estimate of drug-likeness (QED) is 0.684. The van der Waals surface area contributed by atoms with Gasteiger partial charge in [0.05, 0.1) is 22.8 Å². The molecule has 27 heavy (non-hydrogen) atoms. The molecular formula is C18H16Cl2N2O5. The van der Waals surface area contributed by atoms with Crippen molar-refractivity contribution in [2.45, 2.75) is 0 Å². The van der Waals surface area contributed by atoms with Gasteiger partial charge in [0.2, 0.25) is 0 Å². The van der Waals surface area contributed by atoms with Crippen molar-refractivity contribution in [1.29, 1.82) is 0 Å². The highest BCUT2D eigenvalue weighted by molar-refractivity contribution is 6.39. The summed E-state index contributed by atoms with van der Waals surface area (Å²) in [5.41, 5.74) is 0.557. The van der Waals surface area contributed by atoms with Gasteiger partial charge in [-0.1, -0.05) is 35.3 Å². The fourth-order valence-electron chi connectivity index (χ4n) is 2.01. The molecular weight excluding hydrogens is 395 g/mol. The summed E-state index contributed by atoms with van der Waals surface area (Å²) in [4.78, 5) is 35.5. The number of carbonyl (C=O) groups is 3. The van der Waals surface area contributed by atoms with E-state index in [9.17, 15) is 14.4 Å². The van der Waals surface area contributed by atoms with Crippen LogP contribution >= 0.6 is 23.2 Å². The number of anilines is 1. The molecule has 0 aliphatic rings. The molecule has 2 N–H and O–H groups in total. The van der Waals surface area contributed by atoms with Crippen LogP contribution in [0.15, 0.2) is 42.5 Å². The van der Waals surface area contributed by atoms with Crippen molar-refractivity contribution in [1.82, 2.24) is 5.32 Å². The van der Waals surface area contributed by atoms with Crippen LogP contribution in [0.3, 0.4) is 0 Å². The molecule has 9 heteroatoms. The Labute approximate surface area is 165 Å². The standard InChI is InChI=1S/C18H16Cl2N2O5/c1-26-12-5-2-4-11(8-12)18(25)21-9-16(24)27-10-15(23)22-17-13(19)6-3-7-14(17)20/h2-8H,9-10H2,1H3,(H,21,25)(H,22,23). The van der Waals surface area contributed by atoms with Crippen LogP contribution in [0, 0.1) is 0 Å². The maximum Gasteiger partial charge on any atom is 0.325 e. The van der Waals surface area contributed by atoms with Gasteiger partial charge in [0, 0.05) is 5.56 Å². The van der Waals surface area contributed by atoms with Crippen LogP contribution in [0.5, 0.6) is 5.75 Å². The molecule has 0 saturated heterocycles. The van der Waals surface area contributed by atoms with Crippen LogP contribution in [-0.2, 0) is 14.3 Å². The van der Waals surface area contributed by atoms with Crippen molar-refractivity contribution in [2.75, 3.05) is 25.6 Å². The molecule has 0 saturated carbocycles. The van der Waals surface area contributed by atoms with Crippen LogP contribution in [0.2, 0.25) is 10.0 Å². The van der Waals surface area contributed by atoms with Gasteiger partial charge in [0.25, 0.3) is 11.8 Å². The molecule has 0 spiro atoms. The number of hydrogen-bond donors (Lipinski definition) is 2. The highest BCUT2D eigenvalue weighted by Crippen LogP contribution is 2.29. The number of carbonyl (C=O) groups excluding carboxylic acids is 3. The van der Waals surface area contributed by atoms with Gasteiger partial charge in [-0.05, 0) is 30.3 Å². The molecule has 0 bridgehead atoms. The first kappa shape index (κ1) is 20.5. The molecule has 0 atom stereocenters. The minimum atomic E-state index is -0.772. The highest BCUT2D eigenvalue weighted by atomic mass is 35.5. The van der Waals surface area contributed by atoms with Gasteiger partial charge in [0.15, 0.2) is 6.61 Å². The van der Waals surface area contributed by atoms with E-state index in [1.807, 2.05) is 0 Å². The van der Waals surface area contributed by atoms with Gasteiger partial charge in [-0.2, -0.15) is 0 Å². The normalized spacial score (nSPS) is 10.0. The van der Waals surface area contributed by atoms with Crippen molar-refractivity contribution in [3.8, 4) is 5.75 Å². The van der Waals surface area contributed by atoms with E-state index in [2.05, 4.69) is 10.6 Å². The molecule has 0 unspecified atom stereocenters. The molecule has 142 valence electrons. The van der Waals surface area contributed by atoms with Crippen molar-refractivity contribution in [3.05, 3.63) is 58.1 Å². The van der Waals surface area contributed by atoms with Crippen LogP contribution in [0.1, 0.15) is 10.4 Å². The Morgan fingerprint density at radius 3 is 2.37 bits per heavy atom. The third kappa shape index (κ3) is 6.16. The zero-order valence-electron chi connectivity index (χ0n) is 14.3. The predicted molar refractivity (Wildman–Crippen MR) is 101 cm³/mol. The zero-order chi connectivity index (χ0) is 19.8. The van der Waals surface area contributed by atoms with Gasteiger partial charge >= 0.3 is 5.97 Å². The Balaban J connectivity index is 1.78. The number of hydrogen-bond acceptors (Lipinski definition) is 5. The summed E-state index contributed by atoms with van der Waals surface area (Å²) in [6.07, 6.45) is 0. The summed E-state index contributed by atoms with van der Waals surface area (Å²) >= 11 is 11.9. The molecule has 2 amide bonds. The highest BCUT2D eigenvalue weighted by Gasteiger charge is 2.13. The molecule has 0 aromatic heterocycles. The number of nitrogens with one attached hydrogen (secondary N) is 2. The second-order valence-electron chi connectivity index (χ2n) is 5.22. The van der Waals surface area contributed by atoms with Gasteiger partial charge < -0.3 is 20.1 Å². The van der Waals surface area contributed by atoms with E-state index in [0.717, 1.165) is 0 Å². The second-order valence-corrected chi connectivity index (χ2v) is 6.03. The first-order valence-corrected chi connectivity index (χ1v) is 8.48. The third-order valence-corrected chi connectivity index (χ3v) is 3.95. The van der Waals surface area contributed by atoms with E-state index in [1.54, 1.807) is 36.4 Å². The average molecular weight is 411 g/mol. The first-order valence-electron chi connectivity index (χ1n) is 7.72. The summed E-state index contributed by atoms with van der Waals surface area (Å²) in [5.74, 6) is -1.34. The molecule has 0 aliphatic carbocycles. The third-order valence-electron chi connectivity index (χ3n) is 3.32. The van der Waals surface area contributed by atoms with Crippen molar-refractivity contribution in [2.24, 2.45) is 0 Å². The van der Waals surface area contributed by atoms with E-state index in [0.29, 0.717) is 11.3 Å². The molecule has 2 rings (SSSR count). The molecule has 0 radical (unpaired) electrons. The van der Waals surface area contributed by atoms with E-state index in [1.165, 1.54) is 13.2 Å². The van der Waals surface area contributed by atoms with E-state index < -0.39 is 30.9 Å². The fourth-order valence-corrected chi connectivity index (χ4v) is 2.50. The Morgan fingerprint density at radius 2 is 1.70 bits per heavy atom. The van der Waals surface area contributed by atoms with Crippen LogP contribution < -0.4 is 15.4 Å². The number of esters is 1. The molecule has 0 heterocycles. The molecule has 0 fully saturated rings. The van der Waals surface area contributed by atoms with Crippen LogP contribution in [0.4, 0.5) is 5.69 Å². The van der Waals surface area contributed by atoms with Crippen molar-refractivity contribution < 1.29 is 23.9 Å². The molecule has 2 aromatic carbocycles. The lowest BCUT2D eigenvalue weighted by molar-refractivity contribution is -0.146. The van der Waals surface area contributed by atoms with Gasteiger partial charge in [0.1, 0.15) is 12.3 Å². The number of halogens is 2. The first-order chi connectivity index (χ1) is 12.9. The summed E-state index contributed by atoms with van der Waals surface area (Å²) in [7, 11) is 1.48. The number of methoxy groups -OCH3 is 1. The predicted octanol–water partition coefficient (Wildman–Crippen LogP) is 2.91.